The second-order valence-corrected chi connectivity index (χ2v) is 6.93. The summed E-state index contributed by atoms with van der Waals surface area (Å²) in [5, 5.41) is 1.58. The minimum Gasteiger partial charge on any atom is -0.464 e. The molecule has 7 heteroatoms. The van der Waals surface area contributed by atoms with E-state index in [1.165, 1.54) is 0 Å². The molecule has 140 valence electrons. The Bertz CT molecular complexity index is 473. The van der Waals surface area contributed by atoms with Gasteiger partial charge >= 0.3 is 11.9 Å². The number of para-hydroxylation sites is 1. The van der Waals surface area contributed by atoms with Gasteiger partial charge in [0.2, 0.25) is 0 Å². The largest absolute Gasteiger partial charge is 0.464 e. The third-order valence-corrected chi connectivity index (χ3v) is 4.52. The van der Waals surface area contributed by atoms with Gasteiger partial charge in [0.25, 0.3) is 0 Å². The van der Waals surface area contributed by atoms with Gasteiger partial charge in [0, 0.05) is 29.2 Å². The molecule has 0 aromatic heterocycles. The Morgan fingerprint density at radius 1 is 0.840 bits per heavy atom. The fourth-order valence-corrected chi connectivity index (χ4v) is 2.68. The number of ether oxygens (including phenoxy) is 2. The van der Waals surface area contributed by atoms with Crippen LogP contribution in [-0.4, -0.2) is 48.9 Å². The summed E-state index contributed by atoms with van der Waals surface area (Å²) in [6.07, 6.45) is 2.38. The molecule has 0 fully saturated rings. The number of hydrogen-bond donors (Lipinski definition) is 0. The fraction of sp³-hybridized carbons (Fsp3) is 0.556. The zero-order valence-electron chi connectivity index (χ0n) is 14.3. The highest BCUT2D eigenvalue weighted by molar-refractivity contribution is 9.09. The van der Waals surface area contributed by atoms with Gasteiger partial charge in [-0.15, -0.1) is 0 Å². The van der Waals surface area contributed by atoms with E-state index in [1.807, 2.05) is 30.3 Å². The predicted molar refractivity (Wildman–Crippen MR) is 107 cm³/mol. The molecule has 1 rings (SSSR count). The molecule has 0 radical (unpaired) electrons. The zero-order chi connectivity index (χ0) is 18.3. The lowest BCUT2D eigenvalue weighted by atomic mass is 10.3. The molecular formula is C18H25Br2NO4. The van der Waals surface area contributed by atoms with Crippen LogP contribution in [-0.2, 0) is 19.1 Å². The maximum Gasteiger partial charge on any atom is 0.305 e. The van der Waals surface area contributed by atoms with E-state index in [1.54, 1.807) is 0 Å². The van der Waals surface area contributed by atoms with Crippen LogP contribution in [0.2, 0.25) is 0 Å². The van der Waals surface area contributed by atoms with E-state index in [0.29, 0.717) is 39.1 Å². The molecule has 0 N–H and O–H groups in total. The molecule has 0 atom stereocenters. The molecule has 25 heavy (non-hydrogen) atoms. The van der Waals surface area contributed by atoms with Crippen LogP contribution in [0.5, 0.6) is 0 Å². The lowest BCUT2D eigenvalue weighted by Crippen LogP contribution is -2.32. The number of halogens is 2. The lowest BCUT2D eigenvalue weighted by Gasteiger charge is -2.24. The summed E-state index contributed by atoms with van der Waals surface area (Å²) in [6, 6.07) is 9.82. The molecule has 0 spiro atoms. The first-order chi connectivity index (χ1) is 12.2. The Balaban J connectivity index is 2.42. The first-order valence-electron chi connectivity index (χ1n) is 8.40. The summed E-state index contributed by atoms with van der Waals surface area (Å²) in [7, 11) is 0. The highest BCUT2D eigenvalue weighted by Crippen LogP contribution is 2.13. The maximum absolute atomic E-state index is 11.6. The molecule has 0 aliphatic carbocycles. The number of esters is 2. The molecule has 0 bridgehead atoms. The smallest absolute Gasteiger partial charge is 0.305 e. The van der Waals surface area contributed by atoms with E-state index >= 15 is 0 Å². The number of anilines is 1. The van der Waals surface area contributed by atoms with Crippen LogP contribution >= 0.6 is 31.9 Å². The Morgan fingerprint density at radius 2 is 1.32 bits per heavy atom. The van der Waals surface area contributed by atoms with Crippen LogP contribution in [0.15, 0.2) is 30.3 Å². The molecule has 0 unspecified atom stereocenters. The Kier molecular flexibility index (Phi) is 12.4. The van der Waals surface area contributed by atoms with E-state index in [-0.39, 0.29) is 11.9 Å². The average Bonchev–Trinajstić information content (AvgIpc) is 2.64. The highest BCUT2D eigenvalue weighted by atomic mass is 79.9. The van der Waals surface area contributed by atoms with Crippen LogP contribution < -0.4 is 4.90 Å². The van der Waals surface area contributed by atoms with Crippen LogP contribution in [0.4, 0.5) is 5.69 Å². The van der Waals surface area contributed by atoms with Crippen molar-refractivity contribution in [3.05, 3.63) is 30.3 Å². The molecule has 1 aromatic rings. The molecule has 0 aliphatic heterocycles. The maximum atomic E-state index is 11.6. The topological polar surface area (TPSA) is 55.8 Å². The summed E-state index contributed by atoms with van der Waals surface area (Å²) < 4.78 is 10.5. The molecule has 0 heterocycles. The van der Waals surface area contributed by atoms with Gasteiger partial charge in [-0.3, -0.25) is 9.59 Å². The van der Waals surface area contributed by atoms with Gasteiger partial charge in [-0.1, -0.05) is 50.1 Å². The molecule has 1 aromatic carbocycles. The van der Waals surface area contributed by atoms with Gasteiger partial charge in [-0.25, -0.2) is 0 Å². The standard InChI is InChI=1S/C18H25Br2NO4/c19-10-4-8-17(22)24-14-12-21(16-6-2-1-3-7-16)13-15-25-18(23)9-5-11-20/h1-3,6-7H,4-5,8-15H2. The van der Waals surface area contributed by atoms with Crippen LogP contribution in [0.1, 0.15) is 25.7 Å². The van der Waals surface area contributed by atoms with Crippen LogP contribution in [0.3, 0.4) is 0 Å². The van der Waals surface area contributed by atoms with Crippen molar-refractivity contribution in [1.82, 2.24) is 0 Å². The quantitative estimate of drug-likeness (QED) is 0.317. The number of rotatable bonds is 13. The van der Waals surface area contributed by atoms with Crippen molar-refractivity contribution in [1.29, 1.82) is 0 Å². The van der Waals surface area contributed by atoms with Gasteiger partial charge < -0.3 is 14.4 Å². The summed E-state index contributed by atoms with van der Waals surface area (Å²) in [5.41, 5.74) is 1.01. The van der Waals surface area contributed by atoms with E-state index < -0.39 is 0 Å². The minimum atomic E-state index is -0.186. The van der Waals surface area contributed by atoms with Gasteiger partial charge in [0.1, 0.15) is 13.2 Å². The van der Waals surface area contributed by atoms with Crippen molar-refractivity contribution < 1.29 is 19.1 Å². The van der Waals surface area contributed by atoms with Crippen LogP contribution in [0, 0.1) is 0 Å². The zero-order valence-corrected chi connectivity index (χ0v) is 17.5. The summed E-state index contributed by atoms with van der Waals surface area (Å²) in [6.45, 7) is 1.74. The van der Waals surface area contributed by atoms with Crippen molar-refractivity contribution in [3.8, 4) is 0 Å². The number of benzene rings is 1. The Labute approximate surface area is 166 Å². The van der Waals surface area contributed by atoms with Crippen molar-refractivity contribution in [2.75, 3.05) is 41.9 Å². The first-order valence-corrected chi connectivity index (χ1v) is 10.6. The summed E-state index contributed by atoms with van der Waals surface area (Å²) >= 11 is 6.59. The number of hydrogen-bond acceptors (Lipinski definition) is 5. The highest BCUT2D eigenvalue weighted by Gasteiger charge is 2.10. The van der Waals surface area contributed by atoms with E-state index in [4.69, 9.17) is 9.47 Å². The second kappa shape index (κ2) is 14.1. The van der Waals surface area contributed by atoms with Crippen molar-refractivity contribution >= 4 is 49.5 Å². The average molecular weight is 479 g/mol. The van der Waals surface area contributed by atoms with E-state index in [2.05, 4.69) is 36.8 Å². The SMILES string of the molecule is O=C(CCCBr)OCCN(CCOC(=O)CCCBr)c1ccccc1. The molecule has 0 amide bonds. The summed E-state index contributed by atoms with van der Waals surface area (Å²) in [4.78, 5) is 25.2. The van der Waals surface area contributed by atoms with Crippen molar-refractivity contribution in [2.45, 2.75) is 25.7 Å². The first kappa shape index (κ1) is 22.0. The molecule has 5 nitrogen and oxygen atoms in total. The Morgan fingerprint density at radius 3 is 1.76 bits per heavy atom. The van der Waals surface area contributed by atoms with Crippen LogP contribution in [0.25, 0.3) is 0 Å². The van der Waals surface area contributed by atoms with E-state index in [0.717, 1.165) is 29.2 Å². The predicted octanol–water partition coefficient (Wildman–Crippen LogP) is 3.93. The number of nitrogens with zero attached hydrogens (tertiary/aromatic N) is 1. The fourth-order valence-electron chi connectivity index (χ4n) is 2.11. The normalized spacial score (nSPS) is 10.3. The minimum absolute atomic E-state index is 0.186. The van der Waals surface area contributed by atoms with Crippen molar-refractivity contribution in [2.24, 2.45) is 0 Å². The van der Waals surface area contributed by atoms with Gasteiger partial charge in [-0.2, -0.15) is 0 Å². The number of carbonyl (C=O) groups excluding carboxylic acids is 2. The monoisotopic (exact) mass is 477 g/mol. The van der Waals surface area contributed by atoms with E-state index in [9.17, 15) is 9.59 Å². The third-order valence-electron chi connectivity index (χ3n) is 3.40. The number of carbonyl (C=O) groups is 2. The van der Waals surface area contributed by atoms with Gasteiger partial charge in [-0.05, 0) is 25.0 Å². The van der Waals surface area contributed by atoms with Gasteiger partial charge in [0.15, 0.2) is 0 Å². The molecule has 0 saturated carbocycles. The molecular weight excluding hydrogens is 454 g/mol. The third kappa shape index (κ3) is 10.5. The second-order valence-electron chi connectivity index (χ2n) is 5.35. The molecule has 0 saturated heterocycles. The molecule has 0 aliphatic rings. The Hall–Kier alpha value is -1.08. The van der Waals surface area contributed by atoms with Gasteiger partial charge in [0.05, 0.1) is 13.1 Å². The summed E-state index contributed by atoms with van der Waals surface area (Å²) in [5.74, 6) is -0.373. The lowest BCUT2D eigenvalue weighted by molar-refractivity contribution is -0.143. The van der Waals surface area contributed by atoms with Crippen molar-refractivity contribution in [3.63, 3.8) is 0 Å². The number of alkyl halides is 2.